The Kier molecular flexibility index (Phi) is 2.33. The van der Waals surface area contributed by atoms with E-state index in [4.69, 9.17) is 5.73 Å². The van der Waals surface area contributed by atoms with Gasteiger partial charge in [0, 0.05) is 13.2 Å². The Balaban J connectivity index is 2.34. The zero-order valence-electron chi connectivity index (χ0n) is 8.09. The summed E-state index contributed by atoms with van der Waals surface area (Å²) in [5.41, 5.74) is 8.23. The molecule has 3 heteroatoms. The van der Waals surface area contributed by atoms with Gasteiger partial charge in [0.1, 0.15) is 0 Å². The van der Waals surface area contributed by atoms with Crippen LogP contribution in [0.15, 0.2) is 42.6 Å². The fourth-order valence-corrected chi connectivity index (χ4v) is 1.52. The molecule has 1 heterocycles. The van der Waals surface area contributed by atoms with E-state index in [1.165, 1.54) is 0 Å². The van der Waals surface area contributed by atoms with Crippen molar-refractivity contribution >= 4 is 0 Å². The summed E-state index contributed by atoms with van der Waals surface area (Å²) < 4.78 is 1.80. The molecule has 0 radical (unpaired) electrons. The number of aryl methyl sites for hydroxylation is 1. The van der Waals surface area contributed by atoms with Crippen LogP contribution >= 0.6 is 0 Å². The molecule has 14 heavy (non-hydrogen) atoms. The third kappa shape index (κ3) is 1.54. The second kappa shape index (κ2) is 3.64. The molecule has 0 spiro atoms. The van der Waals surface area contributed by atoms with E-state index in [1.807, 2.05) is 43.4 Å². The third-order valence-corrected chi connectivity index (χ3v) is 2.34. The van der Waals surface area contributed by atoms with Crippen molar-refractivity contribution in [2.45, 2.75) is 6.04 Å². The molecule has 0 aliphatic heterocycles. The van der Waals surface area contributed by atoms with Gasteiger partial charge in [-0.05, 0) is 11.6 Å². The van der Waals surface area contributed by atoms with Gasteiger partial charge in [0.25, 0.3) is 0 Å². The maximum Gasteiger partial charge on any atom is 0.0723 e. The standard InChI is InChI=1S/C11H13N3/c1-14-10(7-8-13-14)11(12)9-5-3-2-4-6-9/h2-8,11H,12H2,1H3/t11-/m0/s1. The van der Waals surface area contributed by atoms with Crippen LogP contribution in [0.2, 0.25) is 0 Å². The Bertz CT molecular complexity index is 405. The summed E-state index contributed by atoms with van der Waals surface area (Å²) in [6, 6.07) is 11.9. The molecule has 2 N–H and O–H groups in total. The van der Waals surface area contributed by atoms with Crippen molar-refractivity contribution in [2.24, 2.45) is 12.8 Å². The zero-order valence-corrected chi connectivity index (χ0v) is 8.09. The fourth-order valence-electron chi connectivity index (χ4n) is 1.52. The van der Waals surface area contributed by atoms with Crippen molar-refractivity contribution in [3.8, 4) is 0 Å². The third-order valence-electron chi connectivity index (χ3n) is 2.34. The molecule has 1 atom stereocenters. The fraction of sp³-hybridized carbons (Fsp3) is 0.182. The summed E-state index contributed by atoms with van der Waals surface area (Å²) in [6.45, 7) is 0. The summed E-state index contributed by atoms with van der Waals surface area (Å²) in [4.78, 5) is 0. The molecule has 72 valence electrons. The molecule has 0 bridgehead atoms. The highest BCUT2D eigenvalue weighted by atomic mass is 15.3. The van der Waals surface area contributed by atoms with Crippen molar-refractivity contribution < 1.29 is 0 Å². The average Bonchev–Trinajstić information content (AvgIpc) is 2.65. The quantitative estimate of drug-likeness (QED) is 0.773. The van der Waals surface area contributed by atoms with Gasteiger partial charge in [0.2, 0.25) is 0 Å². The summed E-state index contributed by atoms with van der Waals surface area (Å²) in [7, 11) is 1.90. The van der Waals surface area contributed by atoms with E-state index < -0.39 is 0 Å². The first-order valence-electron chi connectivity index (χ1n) is 4.57. The first-order valence-corrected chi connectivity index (χ1v) is 4.57. The molecule has 0 fully saturated rings. The predicted molar refractivity (Wildman–Crippen MR) is 55.7 cm³/mol. The minimum Gasteiger partial charge on any atom is -0.319 e. The van der Waals surface area contributed by atoms with Crippen LogP contribution in [0, 0.1) is 0 Å². The molecule has 1 aromatic carbocycles. The molecule has 0 aliphatic carbocycles. The second-order valence-electron chi connectivity index (χ2n) is 3.27. The lowest BCUT2D eigenvalue weighted by Gasteiger charge is -2.11. The number of aromatic nitrogens is 2. The lowest BCUT2D eigenvalue weighted by atomic mass is 10.1. The van der Waals surface area contributed by atoms with E-state index in [-0.39, 0.29) is 6.04 Å². The summed E-state index contributed by atoms with van der Waals surface area (Å²) >= 11 is 0. The maximum atomic E-state index is 6.10. The second-order valence-corrected chi connectivity index (χ2v) is 3.27. The summed E-state index contributed by atoms with van der Waals surface area (Å²) in [6.07, 6.45) is 1.76. The van der Waals surface area contributed by atoms with E-state index >= 15 is 0 Å². The Morgan fingerprint density at radius 1 is 1.21 bits per heavy atom. The van der Waals surface area contributed by atoms with Gasteiger partial charge in [-0.2, -0.15) is 5.10 Å². The van der Waals surface area contributed by atoms with Gasteiger partial charge < -0.3 is 5.73 Å². The van der Waals surface area contributed by atoms with Crippen molar-refractivity contribution in [1.29, 1.82) is 0 Å². The molecule has 0 saturated heterocycles. The van der Waals surface area contributed by atoms with Crippen LogP contribution in [0.4, 0.5) is 0 Å². The van der Waals surface area contributed by atoms with E-state index in [0.717, 1.165) is 11.3 Å². The molecule has 0 amide bonds. The van der Waals surface area contributed by atoms with E-state index in [0.29, 0.717) is 0 Å². The maximum absolute atomic E-state index is 6.10. The van der Waals surface area contributed by atoms with Crippen LogP contribution in [0.1, 0.15) is 17.3 Å². The minimum atomic E-state index is -0.0938. The number of rotatable bonds is 2. The average molecular weight is 187 g/mol. The number of hydrogen-bond donors (Lipinski definition) is 1. The highest BCUT2D eigenvalue weighted by Crippen LogP contribution is 2.17. The summed E-state index contributed by atoms with van der Waals surface area (Å²) in [5.74, 6) is 0. The largest absolute Gasteiger partial charge is 0.319 e. The van der Waals surface area contributed by atoms with Gasteiger partial charge >= 0.3 is 0 Å². The number of hydrogen-bond acceptors (Lipinski definition) is 2. The first kappa shape index (κ1) is 8.97. The molecule has 0 unspecified atom stereocenters. The molecule has 2 rings (SSSR count). The first-order chi connectivity index (χ1) is 6.79. The molecule has 0 aliphatic rings. The SMILES string of the molecule is Cn1nccc1[C@@H](N)c1ccccc1. The Hall–Kier alpha value is -1.61. The van der Waals surface area contributed by atoms with Crippen LogP contribution in [0.5, 0.6) is 0 Å². The van der Waals surface area contributed by atoms with Crippen molar-refractivity contribution in [1.82, 2.24) is 9.78 Å². The summed E-state index contributed by atoms with van der Waals surface area (Å²) in [5, 5.41) is 4.10. The molecule has 0 saturated carbocycles. The van der Waals surface area contributed by atoms with Gasteiger partial charge in [-0.15, -0.1) is 0 Å². The normalized spacial score (nSPS) is 12.7. The number of nitrogens with zero attached hydrogens (tertiary/aromatic N) is 2. The predicted octanol–water partition coefficient (Wildman–Crippen LogP) is 1.47. The van der Waals surface area contributed by atoms with E-state index in [1.54, 1.807) is 10.9 Å². The van der Waals surface area contributed by atoms with Crippen LogP contribution in [0.3, 0.4) is 0 Å². The zero-order chi connectivity index (χ0) is 9.97. The minimum absolute atomic E-state index is 0.0938. The molecular formula is C11H13N3. The highest BCUT2D eigenvalue weighted by molar-refractivity contribution is 5.26. The monoisotopic (exact) mass is 187 g/mol. The smallest absolute Gasteiger partial charge is 0.0723 e. The van der Waals surface area contributed by atoms with Crippen LogP contribution < -0.4 is 5.73 Å². The van der Waals surface area contributed by atoms with Gasteiger partial charge in [0.15, 0.2) is 0 Å². The highest BCUT2D eigenvalue weighted by Gasteiger charge is 2.10. The van der Waals surface area contributed by atoms with Gasteiger partial charge in [-0.3, -0.25) is 4.68 Å². The molecule has 1 aromatic heterocycles. The van der Waals surface area contributed by atoms with Crippen molar-refractivity contribution in [2.75, 3.05) is 0 Å². The molecule has 2 aromatic rings. The van der Waals surface area contributed by atoms with Crippen molar-refractivity contribution in [3.63, 3.8) is 0 Å². The Morgan fingerprint density at radius 3 is 2.50 bits per heavy atom. The Morgan fingerprint density at radius 2 is 1.93 bits per heavy atom. The van der Waals surface area contributed by atoms with E-state index in [9.17, 15) is 0 Å². The van der Waals surface area contributed by atoms with Crippen LogP contribution in [0.25, 0.3) is 0 Å². The Labute approximate surface area is 83.2 Å². The van der Waals surface area contributed by atoms with Crippen LogP contribution in [-0.4, -0.2) is 9.78 Å². The molecular weight excluding hydrogens is 174 g/mol. The lowest BCUT2D eigenvalue weighted by Crippen LogP contribution is -2.15. The van der Waals surface area contributed by atoms with Crippen molar-refractivity contribution in [3.05, 3.63) is 53.9 Å². The lowest BCUT2D eigenvalue weighted by molar-refractivity contribution is 0.673. The van der Waals surface area contributed by atoms with Crippen LogP contribution in [-0.2, 0) is 7.05 Å². The number of benzene rings is 1. The van der Waals surface area contributed by atoms with Gasteiger partial charge in [-0.1, -0.05) is 30.3 Å². The van der Waals surface area contributed by atoms with E-state index in [2.05, 4.69) is 5.10 Å². The van der Waals surface area contributed by atoms with Gasteiger partial charge in [0.05, 0.1) is 11.7 Å². The topological polar surface area (TPSA) is 43.8 Å². The molecule has 3 nitrogen and oxygen atoms in total. The van der Waals surface area contributed by atoms with Gasteiger partial charge in [-0.25, -0.2) is 0 Å². The number of nitrogens with two attached hydrogens (primary N) is 1.